The van der Waals surface area contributed by atoms with Crippen LogP contribution in [0.15, 0.2) is 60.8 Å². The number of rotatable bonds is 6. The first-order chi connectivity index (χ1) is 11.7. The number of aromatic nitrogens is 3. The van der Waals surface area contributed by atoms with Crippen LogP contribution < -0.4 is 10.6 Å². The van der Waals surface area contributed by atoms with Gasteiger partial charge in [-0.15, -0.1) is 0 Å². The Morgan fingerprint density at radius 2 is 1.75 bits per heavy atom. The Balaban J connectivity index is 1.87. The molecule has 0 saturated heterocycles. The molecule has 1 aromatic carbocycles. The van der Waals surface area contributed by atoms with Crippen molar-refractivity contribution in [2.75, 3.05) is 10.6 Å². The standard InChI is InChI=1S/C19H21N5/c1-14(2)22-18-12-17(15-8-4-3-5-9-15)23-19(24-18)21-13-16-10-6-7-11-20-16/h3-12,14H,13H2,1-2H3,(H2,21,22,23,24). The molecule has 0 unspecified atom stereocenters. The molecule has 2 aromatic heterocycles. The molecule has 24 heavy (non-hydrogen) atoms. The van der Waals surface area contributed by atoms with Gasteiger partial charge in [-0.3, -0.25) is 4.98 Å². The van der Waals surface area contributed by atoms with E-state index in [9.17, 15) is 0 Å². The zero-order valence-corrected chi connectivity index (χ0v) is 13.9. The summed E-state index contributed by atoms with van der Waals surface area (Å²) in [4.78, 5) is 13.5. The summed E-state index contributed by atoms with van der Waals surface area (Å²) < 4.78 is 0. The van der Waals surface area contributed by atoms with Gasteiger partial charge in [0.15, 0.2) is 0 Å². The van der Waals surface area contributed by atoms with E-state index in [1.807, 2.05) is 54.6 Å². The van der Waals surface area contributed by atoms with Gasteiger partial charge in [-0.2, -0.15) is 4.98 Å². The third-order valence-electron chi connectivity index (χ3n) is 3.39. The molecule has 0 bridgehead atoms. The zero-order valence-electron chi connectivity index (χ0n) is 13.9. The third kappa shape index (κ3) is 4.29. The maximum atomic E-state index is 4.64. The van der Waals surface area contributed by atoms with Crippen molar-refractivity contribution in [1.29, 1.82) is 0 Å². The van der Waals surface area contributed by atoms with E-state index in [2.05, 4.69) is 39.4 Å². The lowest BCUT2D eigenvalue weighted by atomic mass is 10.1. The largest absolute Gasteiger partial charge is 0.368 e. The topological polar surface area (TPSA) is 62.7 Å². The first kappa shape index (κ1) is 15.9. The third-order valence-corrected chi connectivity index (χ3v) is 3.39. The highest BCUT2D eigenvalue weighted by atomic mass is 15.1. The summed E-state index contributed by atoms with van der Waals surface area (Å²) in [7, 11) is 0. The second kappa shape index (κ2) is 7.55. The summed E-state index contributed by atoms with van der Waals surface area (Å²) in [6.45, 7) is 4.76. The first-order valence-corrected chi connectivity index (χ1v) is 8.05. The van der Waals surface area contributed by atoms with Crippen LogP contribution in [0.3, 0.4) is 0 Å². The van der Waals surface area contributed by atoms with Crippen LogP contribution >= 0.6 is 0 Å². The van der Waals surface area contributed by atoms with Crippen molar-refractivity contribution in [3.8, 4) is 11.3 Å². The number of nitrogens with one attached hydrogen (secondary N) is 2. The minimum atomic E-state index is 0.298. The van der Waals surface area contributed by atoms with Crippen molar-refractivity contribution in [3.05, 3.63) is 66.5 Å². The summed E-state index contributed by atoms with van der Waals surface area (Å²) in [6, 6.07) is 18.2. The SMILES string of the molecule is CC(C)Nc1cc(-c2ccccc2)nc(NCc2ccccn2)n1. The molecule has 0 spiro atoms. The maximum absolute atomic E-state index is 4.64. The van der Waals surface area contributed by atoms with Gasteiger partial charge in [0.25, 0.3) is 0 Å². The Hall–Kier alpha value is -2.95. The second-order valence-corrected chi connectivity index (χ2v) is 5.80. The van der Waals surface area contributed by atoms with Crippen molar-refractivity contribution < 1.29 is 0 Å². The number of benzene rings is 1. The lowest BCUT2D eigenvalue weighted by Gasteiger charge is -2.13. The van der Waals surface area contributed by atoms with Crippen LogP contribution in [-0.2, 0) is 6.54 Å². The molecule has 0 saturated carbocycles. The van der Waals surface area contributed by atoms with Gasteiger partial charge in [0.05, 0.1) is 17.9 Å². The molecule has 0 radical (unpaired) electrons. The van der Waals surface area contributed by atoms with E-state index < -0.39 is 0 Å². The zero-order chi connectivity index (χ0) is 16.8. The highest BCUT2D eigenvalue weighted by Crippen LogP contribution is 2.21. The smallest absolute Gasteiger partial charge is 0.225 e. The van der Waals surface area contributed by atoms with Crippen LogP contribution in [0, 0.1) is 0 Å². The van der Waals surface area contributed by atoms with Crippen LogP contribution in [-0.4, -0.2) is 21.0 Å². The average molecular weight is 319 g/mol. The van der Waals surface area contributed by atoms with E-state index in [0.717, 1.165) is 22.8 Å². The van der Waals surface area contributed by atoms with Crippen molar-refractivity contribution in [1.82, 2.24) is 15.0 Å². The number of anilines is 2. The van der Waals surface area contributed by atoms with Crippen LogP contribution in [0.2, 0.25) is 0 Å². The second-order valence-electron chi connectivity index (χ2n) is 5.80. The van der Waals surface area contributed by atoms with Crippen LogP contribution in [0.4, 0.5) is 11.8 Å². The molecule has 122 valence electrons. The molecule has 0 amide bonds. The molecule has 0 atom stereocenters. The Bertz CT molecular complexity index is 772. The molecule has 3 aromatic rings. The van der Waals surface area contributed by atoms with E-state index >= 15 is 0 Å². The number of hydrogen-bond donors (Lipinski definition) is 2. The Labute approximate surface area is 142 Å². The predicted octanol–water partition coefficient (Wildman–Crippen LogP) is 3.97. The Morgan fingerprint density at radius 3 is 2.46 bits per heavy atom. The van der Waals surface area contributed by atoms with E-state index in [-0.39, 0.29) is 0 Å². The summed E-state index contributed by atoms with van der Waals surface area (Å²) >= 11 is 0. The van der Waals surface area contributed by atoms with Crippen LogP contribution in [0.5, 0.6) is 0 Å². The fraction of sp³-hybridized carbons (Fsp3) is 0.211. The van der Waals surface area contributed by atoms with Gasteiger partial charge < -0.3 is 10.6 Å². The van der Waals surface area contributed by atoms with Crippen molar-refractivity contribution >= 4 is 11.8 Å². The predicted molar refractivity (Wildman–Crippen MR) is 97.8 cm³/mol. The summed E-state index contributed by atoms with van der Waals surface area (Å²) in [5, 5.41) is 6.61. The minimum absolute atomic E-state index is 0.298. The van der Waals surface area contributed by atoms with Gasteiger partial charge >= 0.3 is 0 Å². The molecule has 5 heteroatoms. The van der Waals surface area contributed by atoms with Gasteiger partial charge in [0.2, 0.25) is 5.95 Å². The highest BCUT2D eigenvalue weighted by molar-refractivity contribution is 5.64. The van der Waals surface area contributed by atoms with Gasteiger partial charge in [-0.25, -0.2) is 4.98 Å². The number of hydrogen-bond acceptors (Lipinski definition) is 5. The lowest BCUT2D eigenvalue weighted by molar-refractivity contribution is 0.885. The molecular formula is C19H21N5. The van der Waals surface area contributed by atoms with E-state index in [1.54, 1.807) is 6.20 Å². The molecule has 2 N–H and O–H groups in total. The molecule has 0 aliphatic rings. The van der Waals surface area contributed by atoms with Gasteiger partial charge in [0.1, 0.15) is 5.82 Å². The van der Waals surface area contributed by atoms with Gasteiger partial charge in [-0.05, 0) is 26.0 Å². The minimum Gasteiger partial charge on any atom is -0.368 e. The normalized spacial score (nSPS) is 10.6. The highest BCUT2D eigenvalue weighted by Gasteiger charge is 2.08. The lowest BCUT2D eigenvalue weighted by Crippen LogP contribution is -2.13. The van der Waals surface area contributed by atoms with Crippen LogP contribution in [0.25, 0.3) is 11.3 Å². The summed E-state index contributed by atoms with van der Waals surface area (Å²) in [5.41, 5.74) is 2.90. The molecule has 0 fully saturated rings. The number of nitrogens with zero attached hydrogens (tertiary/aromatic N) is 3. The molecular weight excluding hydrogens is 298 g/mol. The molecule has 5 nitrogen and oxygen atoms in total. The number of pyridine rings is 1. The summed E-state index contributed by atoms with van der Waals surface area (Å²) in [5.74, 6) is 1.40. The fourth-order valence-corrected chi connectivity index (χ4v) is 2.33. The van der Waals surface area contributed by atoms with Crippen molar-refractivity contribution in [2.24, 2.45) is 0 Å². The Morgan fingerprint density at radius 1 is 0.958 bits per heavy atom. The van der Waals surface area contributed by atoms with E-state index in [0.29, 0.717) is 18.5 Å². The monoisotopic (exact) mass is 319 g/mol. The Kier molecular flexibility index (Phi) is 5.01. The molecule has 2 heterocycles. The quantitative estimate of drug-likeness (QED) is 0.720. The van der Waals surface area contributed by atoms with E-state index in [1.165, 1.54) is 0 Å². The first-order valence-electron chi connectivity index (χ1n) is 8.05. The van der Waals surface area contributed by atoms with Crippen LogP contribution in [0.1, 0.15) is 19.5 Å². The molecule has 3 rings (SSSR count). The van der Waals surface area contributed by atoms with Gasteiger partial charge in [0, 0.05) is 23.9 Å². The van der Waals surface area contributed by atoms with Crippen molar-refractivity contribution in [2.45, 2.75) is 26.4 Å². The van der Waals surface area contributed by atoms with Gasteiger partial charge in [-0.1, -0.05) is 36.4 Å². The molecule has 0 aliphatic carbocycles. The summed E-state index contributed by atoms with van der Waals surface area (Å²) in [6.07, 6.45) is 1.78. The van der Waals surface area contributed by atoms with E-state index in [4.69, 9.17) is 0 Å². The maximum Gasteiger partial charge on any atom is 0.225 e. The van der Waals surface area contributed by atoms with Crippen molar-refractivity contribution in [3.63, 3.8) is 0 Å². The fourth-order valence-electron chi connectivity index (χ4n) is 2.33. The molecule has 0 aliphatic heterocycles. The average Bonchev–Trinajstić information content (AvgIpc) is 2.61.